The van der Waals surface area contributed by atoms with Gasteiger partial charge in [0, 0.05) is 49.9 Å². The van der Waals surface area contributed by atoms with Crippen molar-refractivity contribution in [3.05, 3.63) is 89.1 Å². The molecule has 3 aromatic rings. The van der Waals surface area contributed by atoms with E-state index >= 15 is 0 Å². The van der Waals surface area contributed by atoms with Gasteiger partial charge in [-0.05, 0) is 98.5 Å². The fourth-order valence-electron chi connectivity index (χ4n) is 7.20. The van der Waals surface area contributed by atoms with E-state index in [2.05, 4.69) is 20.9 Å². The van der Waals surface area contributed by atoms with Gasteiger partial charge in [-0.25, -0.2) is 4.98 Å². The average molecular weight is 651 g/mol. The molecule has 0 radical (unpaired) electrons. The summed E-state index contributed by atoms with van der Waals surface area (Å²) < 4.78 is 0. The van der Waals surface area contributed by atoms with Gasteiger partial charge in [-0.2, -0.15) is 0 Å². The molecule has 4 amide bonds. The van der Waals surface area contributed by atoms with E-state index in [4.69, 9.17) is 0 Å². The van der Waals surface area contributed by atoms with Crippen LogP contribution in [0.3, 0.4) is 0 Å². The highest BCUT2D eigenvalue weighted by molar-refractivity contribution is 5.96. The van der Waals surface area contributed by atoms with Crippen molar-refractivity contribution in [3.8, 4) is 0 Å². The lowest BCUT2D eigenvalue weighted by Gasteiger charge is -2.43. The van der Waals surface area contributed by atoms with Crippen LogP contribution in [0.1, 0.15) is 61.3 Å². The molecule has 6 rings (SSSR count). The minimum atomic E-state index is -0.628. The molecule has 0 spiro atoms. The maximum atomic E-state index is 14.5. The van der Waals surface area contributed by atoms with Crippen LogP contribution < -0.4 is 16.0 Å². The molecule has 252 valence electrons. The highest BCUT2D eigenvalue weighted by Crippen LogP contribution is 2.40. The van der Waals surface area contributed by atoms with E-state index in [-0.39, 0.29) is 42.0 Å². The molecular weight excluding hydrogens is 604 g/mol. The summed E-state index contributed by atoms with van der Waals surface area (Å²) in [5, 5.41) is 9.14. The molecule has 2 heterocycles. The van der Waals surface area contributed by atoms with Gasteiger partial charge >= 0.3 is 0 Å². The number of carbonyl (C=O) groups excluding carboxylic acids is 4. The Kier molecular flexibility index (Phi) is 10.2. The number of aromatic nitrogens is 1. The molecule has 0 unspecified atom stereocenters. The third-order valence-electron chi connectivity index (χ3n) is 10.3. The van der Waals surface area contributed by atoms with Gasteiger partial charge in [0.15, 0.2) is 0 Å². The first kappa shape index (κ1) is 33.3. The van der Waals surface area contributed by atoms with E-state index in [9.17, 15) is 19.2 Å². The van der Waals surface area contributed by atoms with Crippen molar-refractivity contribution in [1.29, 1.82) is 0 Å². The van der Waals surface area contributed by atoms with Gasteiger partial charge in [-0.3, -0.25) is 19.2 Å². The van der Waals surface area contributed by atoms with Crippen LogP contribution in [-0.4, -0.2) is 65.1 Å². The summed E-state index contributed by atoms with van der Waals surface area (Å²) in [5.41, 5.74) is 4.20. The monoisotopic (exact) mass is 650 g/mol. The van der Waals surface area contributed by atoms with Gasteiger partial charge in [-0.1, -0.05) is 43.3 Å². The van der Waals surface area contributed by atoms with Crippen molar-refractivity contribution >= 4 is 35.1 Å². The van der Waals surface area contributed by atoms with Crippen LogP contribution in [0.25, 0.3) is 0 Å². The molecule has 2 aromatic carbocycles. The Balaban J connectivity index is 1.15. The summed E-state index contributed by atoms with van der Waals surface area (Å²) in [6.07, 6.45) is 6.61. The zero-order chi connectivity index (χ0) is 33.7. The van der Waals surface area contributed by atoms with E-state index in [1.807, 2.05) is 67.4 Å². The van der Waals surface area contributed by atoms with Gasteiger partial charge < -0.3 is 25.8 Å². The van der Waals surface area contributed by atoms with Crippen molar-refractivity contribution in [1.82, 2.24) is 20.1 Å². The SMILES string of the molecule is CCC1(C(=O)N(CC(=O)Nc2ccc3c(c2)C[C@H](C(=O)Nc2ccccn2)C3)Cc2ccccc2CNC)CCN(C(=O)C2CC2)CC1. The second-order valence-electron chi connectivity index (χ2n) is 13.5. The Bertz CT molecular complexity index is 1650. The summed E-state index contributed by atoms with van der Waals surface area (Å²) >= 11 is 0. The number of pyridine rings is 1. The standard InChI is InChI=1S/C38H46N6O4/c1-3-38(15-18-43(19-16-38)36(47)26-11-12-26)37(48)44(24-29-9-5-4-8-28(29)23-39-2)25-34(45)41-32-14-13-27-20-31(21-30(27)22-32)35(46)42-33-10-6-7-17-40-33/h4-10,13-14,17,22,26,31,39H,3,11-12,15-16,18-21,23-25H2,1-2H3,(H,41,45)(H,40,42,46)/t31-/m1/s1. The first-order chi connectivity index (χ1) is 23.3. The molecule has 1 atom stereocenters. The number of hydrogen-bond donors (Lipinski definition) is 3. The topological polar surface area (TPSA) is 124 Å². The number of benzene rings is 2. The summed E-state index contributed by atoms with van der Waals surface area (Å²) in [6.45, 7) is 4.05. The maximum Gasteiger partial charge on any atom is 0.244 e. The first-order valence-electron chi connectivity index (χ1n) is 17.2. The van der Waals surface area contributed by atoms with Crippen molar-refractivity contribution in [2.75, 3.05) is 37.3 Å². The molecule has 0 bridgehead atoms. The lowest BCUT2D eigenvalue weighted by Crippen LogP contribution is -2.52. The number of piperidine rings is 1. The number of carbonyl (C=O) groups is 4. The highest BCUT2D eigenvalue weighted by atomic mass is 16.2. The fourth-order valence-corrected chi connectivity index (χ4v) is 7.20. The van der Waals surface area contributed by atoms with Gasteiger partial charge in [0.1, 0.15) is 12.4 Å². The number of fused-ring (bicyclic) bond motifs is 1. The molecule has 2 aliphatic carbocycles. The molecule has 2 fully saturated rings. The molecule has 3 N–H and O–H groups in total. The molecular formula is C38H46N6O4. The molecule has 1 saturated heterocycles. The second-order valence-corrected chi connectivity index (χ2v) is 13.5. The molecule has 1 aliphatic heterocycles. The van der Waals surface area contributed by atoms with Crippen LogP contribution in [0.15, 0.2) is 66.9 Å². The lowest BCUT2D eigenvalue weighted by molar-refractivity contribution is -0.150. The van der Waals surface area contributed by atoms with Crippen molar-refractivity contribution in [2.24, 2.45) is 17.3 Å². The Morgan fingerprint density at radius 1 is 0.896 bits per heavy atom. The summed E-state index contributed by atoms with van der Waals surface area (Å²) in [4.78, 5) is 61.7. The Morgan fingerprint density at radius 3 is 2.31 bits per heavy atom. The zero-order valence-electron chi connectivity index (χ0n) is 28.0. The minimum absolute atomic E-state index is 0.0337. The van der Waals surface area contributed by atoms with Gasteiger partial charge in [0.2, 0.25) is 23.6 Å². The van der Waals surface area contributed by atoms with Crippen molar-refractivity contribution in [2.45, 2.75) is 65.0 Å². The van der Waals surface area contributed by atoms with Crippen LogP contribution in [0.5, 0.6) is 0 Å². The Labute approximate surface area is 282 Å². The number of likely N-dealkylation sites (tertiary alicyclic amines) is 1. The second kappa shape index (κ2) is 14.7. The summed E-state index contributed by atoms with van der Waals surface area (Å²) in [6, 6.07) is 19.2. The predicted molar refractivity (Wildman–Crippen MR) is 185 cm³/mol. The zero-order valence-corrected chi connectivity index (χ0v) is 28.0. The van der Waals surface area contributed by atoms with Crippen LogP contribution >= 0.6 is 0 Å². The number of amides is 4. The molecule has 48 heavy (non-hydrogen) atoms. The molecule has 10 heteroatoms. The predicted octanol–water partition coefficient (Wildman–Crippen LogP) is 4.55. The number of nitrogens with zero attached hydrogens (tertiary/aromatic N) is 3. The molecule has 10 nitrogen and oxygen atoms in total. The van der Waals surface area contributed by atoms with Crippen LogP contribution in [-0.2, 0) is 45.1 Å². The molecule has 3 aliphatic rings. The smallest absolute Gasteiger partial charge is 0.244 e. The number of hydrogen-bond acceptors (Lipinski definition) is 6. The summed E-state index contributed by atoms with van der Waals surface area (Å²) in [5.74, 6) is 0.316. The number of nitrogens with one attached hydrogen (secondary N) is 3. The van der Waals surface area contributed by atoms with E-state index in [1.54, 1.807) is 23.2 Å². The summed E-state index contributed by atoms with van der Waals surface area (Å²) in [7, 11) is 1.89. The van der Waals surface area contributed by atoms with Crippen molar-refractivity contribution < 1.29 is 19.2 Å². The lowest BCUT2D eigenvalue weighted by atomic mass is 9.74. The third kappa shape index (κ3) is 7.59. The molecule has 1 aromatic heterocycles. The van der Waals surface area contributed by atoms with E-state index in [0.29, 0.717) is 69.8 Å². The van der Waals surface area contributed by atoms with E-state index < -0.39 is 5.41 Å². The highest BCUT2D eigenvalue weighted by Gasteiger charge is 2.45. The quantitative estimate of drug-likeness (QED) is 0.264. The van der Waals surface area contributed by atoms with E-state index in [0.717, 1.165) is 35.1 Å². The normalized spacial score (nSPS) is 18.1. The number of anilines is 2. The van der Waals surface area contributed by atoms with E-state index in [1.165, 1.54) is 0 Å². The van der Waals surface area contributed by atoms with Gasteiger partial charge in [0.05, 0.1) is 5.41 Å². The van der Waals surface area contributed by atoms with Crippen LogP contribution in [0.2, 0.25) is 0 Å². The molecule has 1 saturated carbocycles. The first-order valence-corrected chi connectivity index (χ1v) is 17.2. The van der Waals surface area contributed by atoms with Gasteiger partial charge in [-0.15, -0.1) is 0 Å². The van der Waals surface area contributed by atoms with Gasteiger partial charge in [0.25, 0.3) is 0 Å². The third-order valence-corrected chi connectivity index (χ3v) is 10.3. The minimum Gasteiger partial charge on any atom is -0.342 e. The maximum absolute atomic E-state index is 14.5. The number of rotatable bonds is 12. The Morgan fingerprint density at radius 2 is 1.62 bits per heavy atom. The average Bonchev–Trinajstić information content (AvgIpc) is 3.87. The van der Waals surface area contributed by atoms with Crippen LogP contribution in [0.4, 0.5) is 11.5 Å². The van der Waals surface area contributed by atoms with Crippen LogP contribution in [0, 0.1) is 17.3 Å². The van der Waals surface area contributed by atoms with Crippen molar-refractivity contribution in [3.63, 3.8) is 0 Å². The Hall–Kier alpha value is -4.57. The fraction of sp³-hybridized carbons (Fsp3) is 0.447. The largest absolute Gasteiger partial charge is 0.342 e.